The predicted octanol–water partition coefficient (Wildman–Crippen LogP) is 0.123. The van der Waals surface area contributed by atoms with Crippen LogP contribution in [0.15, 0.2) is 10.9 Å². The number of aromatic amines is 1. The number of nitrogens with one attached hydrogen (secondary N) is 1. The molecule has 1 atom stereocenters. The Labute approximate surface area is 148 Å². The van der Waals surface area contributed by atoms with E-state index in [4.69, 9.17) is 5.73 Å². The van der Waals surface area contributed by atoms with E-state index >= 15 is 0 Å². The average Bonchev–Trinajstić information content (AvgIpc) is 2.59. The van der Waals surface area contributed by atoms with E-state index in [0.717, 1.165) is 13.0 Å². The Bertz CT molecular complexity index is 653. The van der Waals surface area contributed by atoms with Gasteiger partial charge in [0, 0.05) is 45.2 Å². The molecule has 0 aliphatic carbocycles. The number of piperazine rings is 1. The number of nitrogen functional groups attached to an aromatic ring is 1. The van der Waals surface area contributed by atoms with Crippen molar-refractivity contribution < 1.29 is 4.79 Å². The molecule has 25 heavy (non-hydrogen) atoms. The maximum absolute atomic E-state index is 12.5. The molecule has 0 radical (unpaired) electrons. The van der Waals surface area contributed by atoms with E-state index in [1.165, 1.54) is 25.5 Å². The number of carbonyl (C=O) groups excluding carboxylic acids is 1. The number of amides is 1. The van der Waals surface area contributed by atoms with Gasteiger partial charge in [0.1, 0.15) is 5.82 Å². The van der Waals surface area contributed by atoms with Gasteiger partial charge in [-0.05, 0) is 38.8 Å². The third-order valence-electron chi connectivity index (χ3n) is 5.19. The smallest absolute Gasteiger partial charge is 0.254 e. The van der Waals surface area contributed by atoms with Gasteiger partial charge < -0.3 is 20.4 Å². The standard InChI is InChI=1S/C17H28N6O2/c1-21-6-2-3-13(12-21)4-5-16(25)23-9-7-22(8-10-23)14-11-15(24)20-17(18)19-14/h11,13H,2-10,12H2,1H3,(H3,18,19,20,24)/t13-/m0/s1. The monoisotopic (exact) mass is 348 g/mol. The molecule has 8 heteroatoms. The van der Waals surface area contributed by atoms with Crippen molar-refractivity contribution in [3.8, 4) is 0 Å². The Kier molecular flexibility index (Phi) is 5.57. The highest BCUT2D eigenvalue weighted by molar-refractivity contribution is 5.76. The number of anilines is 2. The molecule has 2 saturated heterocycles. The highest BCUT2D eigenvalue weighted by Gasteiger charge is 2.24. The van der Waals surface area contributed by atoms with Crippen LogP contribution >= 0.6 is 0 Å². The van der Waals surface area contributed by atoms with E-state index in [2.05, 4.69) is 21.9 Å². The predicted molar refractivity (Wildman–Crippen MR) is 97.5 cm³/mol. The van der Waals surface area contributed by atoms with E-state index in [1.54, 1.807) is 0 Å². The van der Waals surface area contributed by atoms with Crippen molar-refractivity contribution in [1.82, 2.24) is 19.8 Å². The number of piperidine rings is 1. The van der Waals surface area contributed by atoms with Crippen LogP contribution in [0.3, 0.4) is 0 Å². The van der Waals surface area contributed by atoms with Crippen LogP contribution < -0.4 is 16.2 Å². The normalized spacial score (nSPS) is 22.2. The molecule has 8 nitrogen and oxygen atoms in total. The molecule has 1 aromatic rings. The number of aromatic nitrogens is 2. The van der Waals surface area contributed by atoms with Gasteiger partial charge in [-0.1, -0.05) is 0 Å². The second-order valence-corrected chi connectivity index (χ2v) is 7.17. The summed E-state index contributed by atoms with van der Waals surface area (Å²) in [5, 5.41) is 0. The van der Waals surface area contributed by atoms with Gasteiger partial charge in [-0.2, -0.15) is 4.98 Å². The van der Waals surface area contributed by atoms with Gasteiger partial charge in [0.15, 0.2) is 0 Å². The lowest BCUT2D eigenvalue weighted by atomic mass is 9.93. The third kappa shape index (κ3) is 4.72. The van der Waals surface area contributed by atoms with Gasteiger partial charge >= 0.3 is 0 Å². The van der Waals surface area contributed by atoms with Gasteiger partial charge in [-0.15, -0.1) is 0 Å². The Hall–Kier alpha value is -2.09. The fraction of sp³-hybridized carbons (Fsp3) is 0.706. The highest BCUT2D eigenvalue weighted by atomic mass is 16.2. The quantitative estimate of drug-likeness (QED) is 0.802. The van der Waals surface area contributed by atoms with E-state index < -0.39 is 0 Å². The number of hydrogen-bond acceptors (Lipinski definition) is 6. The lowest BCUT2D eigenvalue weighted by Gasteiger charge is -2.36. The van der Waals surface area contributed by atoms with Crippen molar-refractivity contribution in [3.05, 3.63) is 16.4 Å². The van der Waals surface area contributed by atoms with E-state index in [-0.39, 0.29) is 17.4 Å². The van der Waals surface area contributed by atoms with Gasteiger partial charge in [-0.25, -0.2) is 0 Å². The molecule has 0 spiro atoms. The van der Waals surface area contributed by atoms with Crippen LogP contribution in [0.25, 0.3) is 0 Å². The van der Waals surface area contributed by atoms with Crippen LogP contribution in [0.1, 0.15) is 25.7 Å². The lowest BCUT2D eigenvalue weighted by molar-refractivity contribution is -0.131. The summed E-state index contributed by atoms with van der Waals surface area (Å²) in [5.41, 5.74) is 5.35. The van der Waals surface area contributed by atoms with Crippen molar-refractivity contribution in [2.75, 3.05) is 56.9 Å². The van der Waals surface area contributed by atoms with Crippen LogP contribution in [0.5, 0.6) is 0 Å². The van der Waals surface area contributed by atoms with E-state index in [1.807, 2.05) is 9.80 Å². The largest absolute Gasteiger partial charge is 0.369 e. The fourth-order valence-corrected chi connectivity index (χ4v) is 3.80. The van der Waals surface area contributed by atoms with Gasteiger partial charge in [0.25, 0.3) is 5.56 Å². The topological polar surface area (TPSA) is 98.6 Å². The number of rotatable bonds is 4. The van der Waals surface area contributed by atoms with E-state index in [0.29, 0.717) is 44.3 Å². The summed E-state index contributed by atoms with van der Waals surface area (Å²) in [5.74, 6) is 1.59. The van der Waals surface area contributed by atoms with Crippen molar-refractivity contribution in [3.63, 3.8) is 0 Å². The Morgan fingerprint density at radius 2 is 2.08 bits per heavy atom. The number of nitrogens with two attached hydrogens (primary N) is 1. The van der Waals surface area contributed by atoms with Crippen molar-refractivity contribution in [2.45, 2.75) is 25.7 Å². The van der Waals surface area contributed by atoms with Gasteiger partial charge in [0.2, 0.25) is 11.9 Å². The first-order chi connectivity index (χ1) is 12.0. The van der Waals surface area contributed by atoms with Crippen LogP contribution in [0.2, 0.25) is 0 Å². The molecule has 1 amide bonds. The number of nitrogens with zero attached hydrogens (tertiary/aromatic N) is 4. The van der Waals surface area contributed by atoms with Crippen LogP contribution in [0.4, 0.5) is 11.8 Å². The number of H-pyrrole nitrogens is 1. The number of hydrogen-bond donors (Lipinski definition) is 2. The lowest BCUT2D eigenvalue weighted by Crippen LogP contribution is -2.49. The average molecular weight is 348 g/mol. The van der Waals surface area contributed by atoms with Gasteiger partial charge in [0.05, 0.1) is 0 Å². The van der Waals surface area contributed by atoms with Gasteiger partial charge in [-0.3, -0.25) is 14.6 Å². The van der Waals surface area contributed by atoms with Crippen LogP contribution in [-0.2, 0) is 4.79 Å². The minimum absolute atomic E-state index is 0.124. The molecule has 3 heterocycles. The molecule has 2 aliphatic rings. The summed E-state index contributed by atoms with van der Waals surface area (Å²) in [4.78, 5) is 36.9. The first-order valence-electron chi connectivity index (χ1n) is 9.09. The number of carbonyl (C=O) groups is 1. The minimum Gasteiger partial charge on any atom is -0.369 e. The molecular formula is C17H28N6O2. The number of likely N-dealkylation sites (tertiary alicyclic amines) is 1. The van der Waals surface area contributed by atoms with Crippen molar-refractivity contribution in [1.29, 1.82) is 0 Å². The molecule has 138 valence electrons. The first kappa shape index (κ1) is 17.7. The fourth-order valence-electron chi connectivity index (χ4n) is 3.80. The zero-order valence-corrected chi connectivity index (χ0v) is 14.9. The summed E-state index contributed by atoms with van der Waals surface area (Å²) < 4.78 is 0. The molecule has 0 saturated carbocycles. The molecule has 3 rings (SSSR count). The molecule has 0 aromatic carbocycles. The van der Waals surface area contributed by atoms with Crippen molar-refractivity contribution >= 4 is 17.7 Å². The Balaban J connectivity index is 1.46. The Morgan fingerprint density at radius 3 is 2.76 bits per heavy atom. The SMILES string of the molecule is CN1CCC[C@@H](CCC(=O)N2CCN(c3cc(=O)[nH]c(N)n3)CC2)C1. The molecule has 0 bridgehead atoms. The highest BCUT2D eigenvalue weighted by Crippen LogP contribution is 2.21. The van der Waals surface area contributed by atoms with Crippen LogP contribution in [-0.4, -0.2) is 72.0 Å². The van der Waals surface area contributed by atoms with Crippen LogP contribution in [0, 0.1) is 5.92 Å². The molecule has 0 unspecified atom stereocenters. The molecular weight excluding hydrogens is 320 g/mol. The summed E-state index contributed by atoms with van der Waals surface area (Å²) in [7, 11) is 2.16. The summed E-state index contributed by atoms with van der Waals surface area (Å²) >= 11 is 0. The molecule has 3 N–H and O–H groups in total. The summed E-state index contributed by atoms with van der Waals surface area (Å²) in [6.45, 7) is 4.96. The first-order valence-corrected chi connectivity index (χ1v) is 9.09. The van der Waals surface area contributed by atoms with E-state index in [9.17, 15) is 9.59 Å². The minimum atomic E-state index is -0.251. The Morgan fingerprint density at radius 1 is 1.32 bits per heavy atom. The third-order valence-corrected chi connectivity index (χ3v) is 5.19. The zero-order valence-electron chi connectivity index (χ0n) is 14.9. The van der Waals surface area contributed by atoms with Crippen molar-refractivity contribution in [2.24, 2.45) is 5.92 Å². The second kappa shape index (κ2) is 7.86. The zero-order chi connectivity index (χ0) is 17.8. The second-order valence-electron chi connectivity index (χ2n) is 7.17. The molecule has 1 aromatic heterocycles. The summed E-state index contributed by atoms with van der Waals surface area (Å²) in [6, 6.07) is 1.45. The molecule has 2 aliphatic heterocycles. The maximum Gasteiger partial charge on any atom is 0.254 e. The molecule has 2 fully saturated rings. The summed E-state index contributed by atoms with van der Waals surface area (Å²) in [6.07, 6.45) is 4.09. The maximum atomic E-state index is 12.5.